The molecule has 1 aromatic rings. The number of carboxylic acids is 1. The first-order valence-corrected chi connectivity index (χ1v) is 5.76. The third-order valence-electron chi connectivity index (χ3n) is 2.97. The van der Waals surface area contributed by atoms with Crippen molar-refractivity contribution in [3.8, 4) is 5.75 Å². The molecule has 0 bridgehead atoms. The molecule has 1 fully saturated rings. The van der Waals surface area contributed by atoms with Crippen LogP contribution in [-0.4, -0.2) is 24.1 Å². The monoisotopic (exact) mass is 269 g/mol. The molecule has 1 heterocycles. The van der Waals surface area contributed by atoms with Gasteiger partial charge in [-0.15, -0.1) is 0 Å². The number of aliphatic carboxylic acids is 1. The Hall–Kier alpha value is -1.75. The van der Waals surface area contributed by atoms with Crippen LogP contribution in [0.2, 0.25) is 5.02 Å². The van der Waals surface area contributed by atoms with Gasteiger partial charge in [0.2, 0.25) is 5.91 Å². The predicted octanol–water partition coefficient (Wildman–Crippen LogP) is 1.61. The summed E-state index contributed by atoms with van der Waals surface area (Å²) in [6.07, 6.45) is -0.0321. The summed E-state index contributed by atoms with van der Waals surface area (Å²) < 4.78 is 5.17. The minimum Gasteiger partial charge on any atom is -0.496 e. The number of hydrogen-bond acceptors (Lipinski definition) is 3. The van der Waals surface area contributed by atoms with Crippen LogP contribution in [-0.2, 0) is 9.59 Å². The van der Waals surface area contributed by atoms with E-state index in [1.165, 1.54) is 7.11 Å². The Labute approximate surface area is 109 Å². The first kappa shape index (κ1) is 12.7. The third kappa shape index (κ3) is 2.26. The molecular formula is C12H12ClNO4. The van der Waals surface area contributed by atoms with Crippen molar-refractivity contribution >= 4 is 23.5 Å². The Bertz CT molecular complexity index is 503. The van der Waals surface area contributed by atoms with Gasteiger partial charge in [-0.3, -0.25) is 9.59 Å². The average Bonchev–Trinajstić information content (AvgIpc) is 2.71. The number of hydrogen-bond donors (Lipinski definition) is 2. The molecule has 5 nitrogen and oxygen atoms in total. The lowest BCUT2D eigenvalue weighted by atomic mass is 9.93. The minimum atomic E-state index is -1.01. The van der Waals surface area contributed by atoms with Crippen molar-refractivity contribution in [3.05, 3.63) is 28.8 Å². The van der Waals surface area contributed by atoms with Gasteiger partial charge in [0.15, 0.2) is 0 Å². The quantitative estimate of drug-likeness (QED) is 0.874. The Balaban J connectivity index is 2.43. The van der Waals surface area contributed by atoms with Crippen molar-refractivity contribution in [2.24, 2.45) is 5.92 Å². The van der Waals surface area contributed by atoms with Gasteiger partial charge < -0.3 is 15.2 Å². The standard InChI is InChI=1S/C12H12ClNO4/c1-18-9-3-2-6(13)4-7(9)11-8(12(16)17)5-10(15)14-11/h2-4,8,11H,5H2,1H3,(H,14,15)(H,16,17). The van der Waals surface area contributed by atoms with E-state index in [2.05, 4.69) is 5.32 Å². The molecular weight excluding hydrogens is 258 g/mol. The summed E-state index contributed by atoms with van der Waals surface area (Å²) in [5.74, 6) is -1.59. The highest BCUT2D eigenvalue weighted by molar-refractivity contribution is 6.30. The van der Waals surface area contributed by atoms with E-state index in [9.17, 15) is 9.59 Å². The number of nitrogens with one attached hydrogen (secondary N) is 1. The van der Waals surface area contributed by atoms with Crippen LogP contribution in [0.5, 0.6) is 5.75 Å². The molecule has 1 aliphatic rings. The smallest absolute Gasteiger partial charge is 0.309 e. The van der Waals surface area contributed by atoms with Gasteiger partial charge in [0.05, 0.1) is 19.1 Å². The number of benzene rings is 1. The molecule has 0 aliphatic carbocycles. The number of rotatable bonds is 3. The van der Waals surface area contributed by atoms with Crippen molar-refractivity contribution in [1.29, 1.82) is 0 Å². The second kappa shape index (κ2) is 4.86. The highest BCUT2D eigenvalue weighted by atomic mass is 35.5. The van der Waals surface area contributed by atoms with E-state index >= 15 is 0 Å². The Morgan fingerprint density at radius 3 is 2.89 bits per heavy atom. The highest BCUT2D eigenvalue weighted by Gasteiger charge is 2.39. The number of ether oxygens (including phenoxy) is 1. The van der Waals surface area contributed by atoms with Crippen molar-refractivity contribution in [2.45, 2.75) is 12.5 Å². The van der Waals surface area contributed by atoms with Crippen LogP contribution in [0, 0.1) is 5.92 Å². The van der Waals surface area contributed by atoms with Crippen molar-refractivity contribution < 1.29 is 19.4 Å². The van der Waals surface area contributed by atoms with Crippen LogP contribution in [0.4, 0.5) is 0 Å². The third-order valence-corrected chi connectivity index (χ3v) is 3.20. The molecule has 0 spiro atoms. The fourth-order valence-electron chi connectivity index (χ4n) is 2.12. The number of amides is 1. The lowest BCUT2D eigenvalue weighted by molar-refractivity contribution is -0.142. The normalized spacial score (nSPS) is 22.7. The van der Waals surface area contributed by atoms with Gasteiger partial charge in [-0.1, -0.05) is 11.6 Å². The van der Waals surface area contributed by atoms with Gasteiger partial charge >= 0.3 is 5.97 Å². The summed E-state index contributed by atoms with van der Waals surface area (Å²) in [4.78, 5) is 22.5. The number of halogens is 1. The minimum absolute atomic E-state index is 0.0321. The molecule has 1 aromatic carbocycles. The van der Waals surface area contributed by atoms with E-state index in [1.54, 1.807) is 18.2 Å². The molecule has 1 aliphatic heterocycles. The molecule has 18 heavy (non-hydrogen) atoms. The maximum atomic E-state index is 11.4. The zero-order chi connectivity index (χ0) is 13.3. The Kier molecular flexibility index (Phi) is 3.43. The van der Waals surface area contributed by atoms with Gasteiger partial charge in [0.1, 0.15) is 5.75 Å². The van der Waals surface area contributed by atoms with Crippen LogP contribution < -0.4 is 10.1 Å². The van der Waals surface area contributed by atoms with Gasteiger partial charge in [0, 0.05) is 17.0 Å². The van der Waals surface area contributed by atoms with Crippen LogP contribution in [0.25, 0.3) is 0 Å². The molecule has 0 saturated carbocycles. The van der Waals surface area contributed by atoms with E-state index in [0.29, 0.717) is 16.3 Å². The molecule has 1 saturated heterocycles. The van der Waals surface area contributed by atoms with Gasteiger partial charge in [-0.05, 0) is 18.2 Å². The first-order valence-electron chi connectivity index (χ1n) is 5.38. The zero-order valence-corrected chi connectivity index (χ0v) is 10.4. The number of carboxylic acid groups (broad SMARTS) is 1. The van der Waals surface area contributed by atoms with E-state index in [0.717, 1.165) is 0 Å². The molecule has 2 atom stereocenters. The van der Waals surface area contributed by atoms with E-state index < -0.39 is 17.9 Å². The highest BCUT2D eigenvalue weighted by Crippen LogP contribution is 2.37. The van der Waals surface area contributed by atoms with Crippen LogP contribution in [0.15, 0.2) is 18.2 Å². The van der Waals surface area contributed by atoms with Crippen LogP contribution in [0.1, 0.15) is 18.0 Å². The summed E-state index contributed by atoms with van der Waals surface area (Å²) >= 11 is 5.90. The van der Waals surface area contributed by atoms with Crippen LogP contribution in [0.3, 0.4) is 0 Å². The van der Waals surface area contributed by atoms with Gasteiger partial charge in [0.25, 0.3) is 0 Å². The summed E-state index contributed by atoms with van der Waals surface area (Å²) in [7, 11) is 1.49. The molecule has 0 aromatic heterocycles. The largest absolute Gasteiger partial charge is 0.496 e. The molecule has 6 heteroatoms. The maximum Gasteiger partial charge on any atom is 0.309 e. The SMILES string of the molecule is COc1ccc(Cl)cc1C1NC(=O)CC1C(=O)O. The van der Waals surface area contributed by atoms with Gasteiger partial charge in [-0.25, -0.2) is 0 Å². The first-order chi connectivity index (χ1) is 8.52. The summed E-state index contributed by atoms with van der Waals surface area (Å²) in [5.41, 5.74) is 0.586. The lowest BCUT2D eigenvalue weighted by Gasteiger charge is -2.18. The van der Waals surface area contributed by atoms with Crippen LogP contribution >= 0.6 is 11.6 Å². The second-order valence-corrected chi connectivity index (χ2v) is 4.52. The fraction of sp³-hybridized carbons (Fsp3) is 0.333. The number of carbonyl (C=O) groups is 2. The van der Waals surface area contributed by atoms with E-state index in [1.807, 2.05) is 0 Å². The maximum absolute atomic E-state index is 11.4. The molecule has 2 N–H and O–H groups in total. The molecule has 0 radical (unpaired) electrons. The summed E-state index contributed by atoms with van der Waals surface area (Å²) in [6, 6.07) is 4.31. The molecule has 96 valence electrons. The average molecular weight is 270 g/mol. The van der Waals surface area contributed by atoms with Crippen molar-refractivity contribution in [1.82, 2.24) is 5.32 Å². The molecule has 2 rings (SSSR count). The van der Waals surface area contributed by atoms with Gasteiger partial charge in [-0.2, -0.15) is 0 Å². The fourth-order valence-corrected chi connectivity index (χ4v) is 2.30. The second-order valence-electron chi connectivity index (χ2n) is 4.08. The summed E-state index contributed by atoms with van der Waals surface area (Å²) in [5, 5.41) is 12.2. The van der Waals surface area contributed by atoms with E-state index in [-0.39, 0.29) is 12.3 Å². The Morgan fingerprint density at radius 1 is 1.56 bits per heavy atom. The van der Waals surface area contributed by atoms with Crippen molar-refractivity contribution in [2.75, 3.05) is 7.11 Å². The van der Waals surface area contributed by atoms with E-state index in [4.69, 9.17) is 21.4 Å². The topological polar surface area (TPSA) is 75.6 Å². The number of carbonyl (C=O) groups excluding carboxylic acids is 1. The lowest BCUT2D eigenvalue weighted by Crippen LogP contribution is -2.24. The van der Waals surface area contributed by atoms with Crippen molar-refractivity contribution in [3.63, 3.8) is 0 Å². The zero-order valence-electron chi connectivity index (χ0n) is 9.64. The molecule has 2 unspecified atom stereocenters. The molecule has 1 amide bonds. The number of methoxy groups -OCH3 is 1. The summed E-state index contributed by atoms with van der Waals surface area (Å²) in [6.45, 7) is 0. The Morgan fingerprint density at radius 2 is 2.28 bits per heavy atom. The predicted molar refractivity (Wildman–Crippen MR) is 64.6 cm³/mol.